The first-order valence-electron chi connectivity index (χ1n) is 8.20. The Labute approximate surface area is 160 Å². The van der Waals surface area contributed by atoms with E-state index in [0.717, 1.165) is 28.2 Å². The number of halogens is 1. The van der Waals surface area contributed by atoms with E-state index in [1.54, 1.807) is 23.1 Å². The van der Waals surface area contributed by atoms with Crippen molar-refractivity contribution in [2.45, 2.75) is 6.92 Å². The number of amides is 1. The molecule has 0 atom stereocenters. The summed E-state index contributed by atoms with van der Waals surface area (Å²) in [6.45, 7) is 1.44. The Morgan fingerprint density at radius 3 is 2.74 bits per heavy atom. The molecule has 0 aliphatic rings. The molecule has 1 aromatic carbocycles. The van der Waals surface area contributed by atoms with Crippen LogP contribution in [0.4, 0.5) is 5.82 Å². The third-order valence-electron chi connectivity index (χ3n) is 3.95. The van der Waals surface area contributed by atoms with Gasteiger partial charge in [0.1, 0.15) is 11.5 Å². The molecule has 0 bridgehead atoms. The molecule has 4 aromatic rings. The number of nitrogens with zero attached hydrogens (tertiary/aromatic N) is 4. The highest BCUT2D eigenvalue weighted by atomic mass is 35.5. The van der Waals surface area contributed by atoms with Gasteiger partial charge in [0.2, 0.25) is 5.91 Å². The van der Waals surface area contributed by atoms with Gasteiger partial charge in [-0.2, -0.15) is 10.2 Å². The summed E-state index contributed by atoms with van der Waals surface area (Å²) >= 11 is 6.40. The highest BCUT2D eigenvalue weighted by Crippen LogP contribution is 2.34. The number of H-pyrrole nitrogens is 1. The average Bonchev–Trinajstić information content (AvgIpc) is 3.31. The molecule has 0 unspecified atom stereocenters. The number of aromatic amines is 1. The fraction of sp³-hybridized carbons (Fsp3) is 0.0526. The lowest BCUT2D eigenvalue weighted by Gasteiger charge is -2.05. The van der Waals surface area contributed by atoms with E-state index in [2.05, 4.69) is 20.5 Å². The number of hydrogen-bond acceptors (Lipinski definition) is 4. The highest BCUT2D eigenvalue weighted by Gasteiger charge is 2.17. The topological polar surface area (TPSA) is 88.5 Å². The second kappa shape index (κ2) is 7.05. The van der Waals surface area contributed by atoms with Crippen molar-refractivity contribution in [1.29, 1.82) is 0 Å². The van der Waals surface area contributed by atoms with Crippen LogP contribution in [-0.4, -0.2) is 30.9 Å². The molecular formula is C19H15ClN6O. The molecular weight excluding hydrogens is 364 g/mol. The second-order valence-electron chi connectivity index (χ2n) is 5.87. The maximum absolute atomic E-state index is 11.3. The van der Waals surface area contributed by atoms with Gasteiger partial charge in [-0.25, -0.2) is 9.67 Å². The standard InChI is InChI=1S/C19H15ClN6O/c1-12(27)23-18-10-13(6-8-21-18)26-11-15(17-7-9-22-24-17)19(25-26)14-4-2-3-5-16(14)20/h2-11H,1H3,(H,22,24)(H,21,23,27). The molecule has 0 spiro atoms. The summed E-state index contributed by atoms with van der Waals surface area (Å²) in [6.07, 6.45) is 5.19. The predicted molar refractivity (Wildman–Crippen MR) is 104 cm³/mol. The van der Waals surface area contributed by atoms with Crippen molar-refractivity contribution in [2.75, 3.05) is 5.32 Å². The van der Waals surface area contributed by atoms with E-state index in [1.165, 1.54) is 6.92 Å². The van der Waals surface area contributed by atoms with Crippen LogP contribution in [0.3, 0.4) is 0 Å². The van der Waals surface area contributed by atoms with Crippen molar-refractivity contribution < 1.29 is 4.79 Å². The largest absolute Gasteiger partial charge is 0.311 e. The zero-order chi connectivity index (χ0) is 18.8. The van der Waals surface area contributed by atoms with Crippen LogP contribution in [0.15, 0.2) is 61.1 Å². The minimum Gasteiger partial charge on any atom is -0.311 e. The number of anilines is 1. The van der Waals surface area contributed by atoms with E-state index >= 15 is 0 Å². The summed E-state index contributed by atoms with van der Waals surface area (Å²) in [5.41, 5.74) is 3.99. The molecule has 0 saturated carbocycles. The smallest absolute Gasteiger partial charge is 0.222 e. The van der Waals surface area contributed by atoms with Gasteiger partial charge in [0.15, 0.2) is 0 Å². The molecule has 4 rings (SSSR count). The molecule has 8 heteroatoms. The minimum atomic E-state index is -0.185. The molecule has 0 radical (unpaired) electrons. The normalized spacial score (nSPS) is 10.7. The fourth-order valence-electron chi connectivity index (χ4n) is 2.77. The molecule has 3 aromatic heterocycles. The fourth-order valence-corrected chi connectivity index (χ4v) is 3.00. The lowest BCUT2D eigenvalue weighted by Crippen LogP contribution is -2.08. The van der Waals surface area contributed by atoms with Gasteiger partial charge >= 0.3 is 0 Å². The molecule has 7 nitrogen and oxygen atoms in total. The number of hydrogen-bond donors (Lipinski definition) is 2. The molecule has 0 aliphatic carbocycles. The minimum absolute atomic E-state index is 0.185. The second-order valence-corrected chi connectivity index (χ2v) is 6.27. The monoisotopic (exact) mass is 378 g/mol. The van der Waals surface area contributed by atoms with Gasteiger partial charge in [0.05, 0.1) is 16.4 Å². The Kier molecular flexibility index (Phi) is 4.43. The van der Waals surface area contributed by atoms with Crippen LogP contribution in [0, 0.1) is 0 Å². The summed E-state index contributed by atoms with van der Waals surface area (Å²) in [4.78, 5) is 15.4. The average molecular weight is 379 g/mol. The van der Waals surface area contributed by atoms with Crippen LogP contribution in [0.1, 0.15) is 6.92 Å². The Morgan fingerprint density at radius 1 is 1.15 bits per heavy atom. The van der Waals surface area contributed by atoms with Gasteiger partial charge in [-0.3, -0.25) is 9.89 Å². The predicted octanol–water partition coefficient (Wildman–Crippen LogP) is 3.94. The van der Waals surface area contributed by atoms with Crippen molar-refractivity contribution in [3.05, 3.63) is 66.1 Å². The van der Waals surface area contributed by atoms with Crippen molar-refractivity contribution in [3.63, 3.8) is 0 Å². The van der Waals surface area contributed by atoms with E-state index < -0.39 is 0 Å². The zero-order valence-corrected chi connectivity index (χ0v) is 15.1. The quantitative estimate of drug-likeness (QED) is 0.563. The van der Waals surface area contributed by atoms with E-state index in [4.69, 9.17) is 16.7 Å². The highest BCUT2D eigenvalue weighted by molar-refractivity contribution is 6.33. The first kappa shape index (κ1) is 17.0. The first-order chi connectivity index (χ1) is 13.1. The number of nitrogens with one attached hydrogen (secondary N) is 2. The van der Waals surface area contributed by atoms with Crippen molar-refractivity contribution in [3.8, 4) is 28.2 Å². The summed E-state index contributed by atoms with van der Waals surface area (Å²) in [7, 11) is 0. The summed E-state index contributed by atoms with van der Waals surface area (Å²) < 4.78 is 1.72. The summed E-state index contributed by atoms with van der Waals surface area (Å²) in [5.74, 6) is 0.271. The molecule has 27 heavy (non-hydrogen) atoms. The lowest BCUT2D eigenvalue weighted by molar-refractivity contribution is -0.114. The lowest BCUT2D eigenvalue weighted by atomic mass is 10.1. The van der Waals surface area contributed by atoms with E-state index in [1.807, 2.05) is 42.6 Å². The first-order valence-corrected chi connectivity index (χ1v) is 8.58. The van der Waals surface area contributed by atoms with Crippen LogP contribution >= 0.6 is 11.6 Å². The Morgan fingerprint density at radius 2 is 2.00 bits per heavy atom. The number of benzene rings is 1. The van der Waals surface area contributed by atoms with Crippen molar-refractivity contribution >= 4 is 23.3 Å². The van der Waals surface area contributed by atoms with Crippen molar-refractivity contribution in [1.82, 2.24) is 25.0 Å². The SMILES string of the molecule is CC(=O)Nc1cc(-n2cc(-c3ccn[nH]3)c(-c3ccccc3Cl)n2)ccn1. The number of rotatable bonds is 4. The van der Waals surface area contributed by atoms with Gasteiger partial charge in [-0.15, -0.1) is 0 Å². The Balaban J connectivity index is 1.85. The Hall–Kier alpha value is -3.45. The van der Waals surface area contributed by atoms with Crippen LogP contribution in [0.5, 0.6) is 0 Å². The van der Waals surface area contributed by atoms with Crippen LogP contribution < -0.4 is 5.32 Å². The molecule has 0 fully saturated rings. The van der Waals surface area contributed by atoms with Crippen LogP contribution in [0.2, 0.25) is 5.02 Å². The van der Waals surface area contributed by atoms with Crippen molar-refractivity contribution in [2.24, 2.45) is 0 Å². The van der Waals surface area contributed by atoms with Crippen LogP contribution in [-0.2, 0) is 4.79 Å². The zero-order valence-electron chi connectivity index (χ0n) is 14.3. The molecule has 0 saturated heterocycles. The molecule has 3 heterocycles. The number of aromatic nitrogens is 5. The van der Waals surface area contributed by atoms with E-state index in [-0.39, 0.29) is 5.91 Å². The Bertz CT molecular complexity index is 1100. The summed E-state index contributed by atoms with van der Waals surface area (Å²) in [5, 5.41) is 15.0. The third-order valence-corrected chi connectivity index (χ3v) is 4.28. The maximum atomic E-state index is 11.3. The van der Waals surface area contributed by atoms with Gasteiger partial charge < -0.3 is 5.32 Å². The van der Waals surface area contributed by atoms with Gasteiger partial charge in [0.25, 0.3) is 0 Å². The van der Waals surface area contributed by atoms with E-state index in [0.29, 0.717) is 10.8 Å². The number of carbonyl (C=O) groups excluding carboxylic acids is 1. The number of carbonyl (C=O) groups is 1. The van der Waals surface area contributed by atoms with E-state index in [9.17, 15) is 4.79 Å². The third kappa shape index (κ3) is 3.45. The molecule has 134 valence electrons. The van der Waals surface area contributed by atoms with Gasteiger partial charge in [-0.05, 0) is 18.2 Å². The molecule has 0 aliphatic heterocycles. The maximum Gasteiger partial charge on any atom is 0.222 e. The number of pyridine rings is 1. The molecule has 1 amide bonds. The summed E-state index contributed by atoms with van der Waals surface area (Å²) in [6, 6.07) is 13.0. The van der Waals surface area contributed by atoms with Gasteiger partial charge in [-0.1, -0.05) is 29.8 Å². The molecule has 2 N–H and O–H groups in total. The van der Waals surface area contributed by atoms with Crippen LogP contribution in [0.25, 0.3) is 28.2 Å². The van der Waals surface area contributed by atoms with Gasteiger partial charge in [0, 0.05) is 42.7 Å².